The lowest BCUT2D eigenvalue weighted by molar-refractivity contribution is 0.114. The Morgan fingerprint density at radius 3 is 1.88 bits per heavy atom. The molecule has 0 radical (unpaired) electrons. The van der Waals surface area contributed by atoms with Gasteiger partial charge in [0.05, 0.1) is 5.60 Å². The fraction of sp³-hybridized carbons (Fsp3) is 0.429. The maximum absolute atomic E-state index is 6.33. The number of hydrogen-bond acceptors (Lipinski definition) is 3. The van der Waals surface area contributed by atoms with Crippen molar-refractivity contribution in [1.82, 2.24) is 0 Å². The summed E-state index contributed by atoms with van der Waals surface area (Å²) in [7, 11) is -1.49. The van der Waals surface area contributed by atoms with Crippen molar-refractivity contribution in [2.45, 2.75) is 57.5 Å². The first-order valence-electron chi connectivity index (χ1n) is 9.06. The van der Waals surface area contributed by atoms with E-state index in [0.717, 1.165) is 37.2 Å². The smallest absolute Gasteiger partial charge is 0.417 e. The van der Waals surface area contributed by atoms with Gasteiger partial charge in [0.15, 0.2) is 0 Å². The van der Waals surface area contributed by atoms with Gasteiger partial charge in [0.2, 0.25) is 0 Å². The SMILES string of the molecule is CC(C)(C)OP1Oc2cccc3c2C2(CC3)CCc3cccc(c32)O1. The quantitative estimate of drug-likeness (QED) is 0.617. The number of rotatable bonds is 1. The molecule has 0 N–H and O–H groups in total. The minimum absolute atomic E-state index is 0.0566. The zero-order valence-electron chi connectivity index (χ0n) is 15.0. The molecule has 0 bridgehead atoms. The molecule has 2 aliphatic carbocycles. The molecular weight excluding hydrogens is 331 g/mol. The third-order valence-electron chi connectivity index (χ3n) is 5.52. The van der Waals surface area contributed by atoms with E-state index in [1.807, 2.05) is 20.8 Å². The molecule has 0 aromatic heterocycles. The van der Waals surface area contributed by atoms with Crippen LogP contribution in [-0.4, -0.2) is 5.60 Å². The van der Waals surface area contributed by atoms with E-state index < -0.39 is 8.60 Å². The predicted octanol–water partition coefficient (Wildman–Crippen LogP) is 5.68. The van der Waals surface area contributed by atoms with Crippen molar-refractivity contribution in [3.63, 3.8) is 0 Å². The first kappa shape index (κ1) is 15.7. The van der Waals surface area contributed by atoms with Crippen molar-refractivity contribution in [2.75, 3.05) is 0 Å². The van der Waals surface area contributed by atoms with Crippen LogP contribution in [0, 0.1) is 0 Å². The molecule has 0 atom stereocenters. The van der Waals surface area contributed by atoms with E-state index in [1.165, 1.54) is 22.3 Å². The van der Waals surface area contributed by atoms with Crippen molar-refractivity contribution < 1.29 is 13.6 Å². The van der Waals surface area contributed by atoms with Crippen LogP contribution in [0.25, 0.3) is 0 Å². The van der Waals surface area contributed by atoms with Crippen LogP contribution in [0.4, 0.5) is 0 Å². The van der Waals surface area contributed by atoms with Gasteiger partial charge in [0.25, 0.3) is 0 Å². The third-order valence-corrected chi connectivity index (χ3v) is 6.91. The van der Waals surface area contributed by atoms with Crippen molar-refractivity contribution in [2.24, 2.45) is 0 Å². The average Bonchev–Trinajstić information content (AvgIpc) is 3.09. The molecule has 2 aromatic rings. The molecule has 1 spiro atoms. The Kier molecular flexibility index (Phi) is 3.27. The second-order valence-electron chi connectivity index (χ2n) is 8.27. The van der Waals surface area contributed by atoms with Gasteiger partial charge in [-0.2, -0.15) is 0 Å². The van der Waals surface area contributed by atoms with Crippen molar-refractivity contribution in [3.05, 3.63) is 58.7 Å². The monoisotopic (exact) mass is 354 g/mol. The lowest BCUT2D eigenvalue weighted by Crippen LogP contribution is -2.26. The maximum atomic E-state index is 6.33. The van der Waals surface area contributed by atoms with Gasteiger partial charge >= 0.3 is 8.60 Å². The molecule has 130 valence electrons. The summed E-state index contributed by atoms with van der Waals surface area (Å²) < 4.78 is 18.8. The van der Waals surface area contributed by atoms with Gasteiger partial charge in [-0.05, 0) is 69.7 Å². The van der Waals surface area contributed by atoms with Crippen molar-refractivity contribution in [1.29, 1.82) is 0 Å². The molecule has 5 rings (SSSR count). The van der Waals surface area contributed by atoms with E-state index in [4.69, 9.17) is 13.6 Å². The molecule has 3 nitrogen and oxygen atoms in total. The number of hydrogen-bond donors (Lipinski definition) is 0. The Morgan fingerprint density at radius 1 is 0.880 bits per heavy atom. The van der Waals surface area contributed by atoms with Crippen molar-refractivity contribution in [3.8, 4) is 11.5 Å². The van der Waals surface area contributed by atoms with Crippen LogP contribution in [0.3, 0.4) is 0 Å². The highest BCUT2D eigenvalue weighted by Crippen LogP contribution is 2.62. The minimum Gasteiger partial charge on any atom is -0.417 e. The van der Waals surface area contributed by atoms with E-state index >= 15 is 0 Å². The summed E-state index contributed by atoms with van der Waals surface area (Å²) in [5, 5.41) is 0. The molecule has 0 fully saturated rings. The maximum Gasteiger partial charge on any atom is 0.463 e. The summed E-state index contributed by atoms with van der Waals surface area (Å²) in [5.74, 6) is 1.90. The average molecular weight is 354 g/mol. The highest BCUT2D eigenvalue weighted by molar-refractivity contribution is 7.42. The van der Waals surface area contributed by atoms with Crippen LogP contribution >= 0.6 is 8.60 Å². The lowest BCUT2D eigenvalue weighted by Gasteiger charge is -2.34. The van der Waals surface area contributed by atoms with Crippen LogP contribution < -0.4 is 9.05 Å². The molecule has 1 aliphatic heterocycles. The standard InChI is InChI=1S/C21H23O3P/c1-20(2,3)24-25-22-16-8-4-6-14-10-12-21(18(14)16)13-11-15-7-5-9-17(23-25)19(15)21/h4-9H,10-13H2,1-3H3. The molecule has 0 amide bonds. The molecule has 0 saturated heterocycles. The Balaban J connectivity index is 1.73. The van der Waals surface area contributed by atoms with Gasteiger partial charge in [-0.3, -0.25) is 4.52 Å². The Labute approximate surface area is 150 Å². The van der Waals surface area contributed by atoms with Gasteiger partial charge in [0, 0.05) is 16.5 Å². The summed E-state index contributed by atoms with van der Waals surface area (Å²) >= 11 is 0. The summed E-state index contributed by atoms with van der Waals surface area (Å²) in [5.41, 5.74) is 5.35. The number of benzene rings is 2. The van der Waals surface area contributed by atoms with E-state index in [1.54, 1.807) is 0 Å². The van der Waals surface area contributed by atoms with Crippen LogP contribution in [0.1, 0.15) is 55.9 Å². The zero-order valence-corrected chi connectivity index (χ0v) is 15.9. The van der Waals surface area contributed by atoms with Gasteiger partial charge in [-0.1, -0.05) is 24.3 Å². The lowest BCUT2D eigenvalue weighted by atomic mass is 9.76. The largest absolute Gasteiger partial charge is 0.463 e. The summed E-state index contributed by atoms with van der Waals surface area (Å²) in [6.07, 6.45) is 4.51. The molecular formula is C21H23O3P. The third kappa shape index (κ3) is 2.33. The molecule has 0 unspecified atom stereocenters. The van der Waals surface area contributed by atoms with Crippen LogP contribution in [0.5, 0.6) is 11.5 Å². The highest BCUT2D eigenvalue weighted by atomic mass is 31.2. The summed E-state index contributed by atoms with van der Waals surface area (Å²) in [6.45, 7) is 6.11. The van der Waals surface area contributed by atoms with Crippen LogP contribution in [-0.2, 0) is 22.8 Å². The number of aryl methyl sites for hydroxylation is 2. The second kappa shape index (κ2) is 5.22. The van der Waals surface area contributed by atoms with Gasteiger partial charge in [-0.15, -0.1) is 0 Å². The van der Waals surface area contributed by atoms with Crippen LogP contribution in [0.15, 0.2) is 36.4 Å². The van der Waals surface area contributed by atoms with E-state index in [-0.39, 0.29) is 11.0 Å². The molecule has 3 aliphatic rings. The van der Waals surface area contributed by atoms with Gasteiger partial charge < -0.3 is 9.05 Å². The first-order chi connectivity index (χ1) is 12.0. The van der Waals surface area contributed by atoms with E-state index in [2.05, 4.69) is 36.4 Å². The van der Waals surface area contributed by atoms with Gasteiger partial charge in [0.1, 0.15) is 11.5 Å². The normalized spacial score (nSPS) is 20.1. The Bertz CT molecular complexity index is 789. The fourth-order valence-electron chi connectivity index (χ4n) is 4.69. The fourth-order valence-corrected chi connectivity index (χ4v) is 5.88. The summed E-state index contributed by atoms with van der Waals surface area (Å²) in [6, 6.07) is 12.9. The highest BCUT2D eigenvalue weighted by Gasteiger charge is 2.50. The van der Waals surface area contributed by atoms with Gasteiger partial charge in [-0.25, -0.2) is 0 Å². The van der Waals surface area contributed by atoms with E-state index in [9.17, 15) is 0 Å². The predicted molar refractivity (Wildman–Crippen MR) is 99.3 cm³/mol. The topological polar surface area (TPSA) is 27.7 Å². The van der Waals surface area contributed by atoms with Crippen LogP contribution in [0.2, 0.25) is 0 Å². The molecule has 1 heterocycles. The molecule has 0 saturated carbocycles. The molecule has 4 heteroatoms. The molecule has 25 heavy (non-hydrogen) atoms. The minimum atomic E-state index is -1.49. The second-order valence-corrected chi connectivity index (χ2v) is 9.27. The summed E-state index contributed by atoms with van der Waals surface area (Å²) in [4.78, 5) is 0. The Morgan fingerprint density at radius 2 is 1.40 bits per heavy atom. The molecule has 2 aromatic carbocycles. The van der Waals surface area contributed by atoms with Crippen molar-refractivity contribution >= 4 is 8.60 Å². The zero-order chi connectivity index (χ0) is 17.2. The first-order valence-corrected chi connectivity index (χ1v) is 10.2. The van der Waals surface area contributed by atoms with E-state index in [0.29, 0.717) is 0 Å². The Hall–Kier alpha value is -1.57.